The summed E-state index contributed by atoms with van der Waals surface area (Å²) in [6.07, 6.45) is 1.91. The molecule has 0 bridgehead atoms. The zero-order chi connectivity index (χ0) is 20.5. The van der Waals surface area contributed by atoms with Crippen LogP contribution in [0.4, 0.5) is 0 Å². The number of nitrogens with one attached hydrogen (secondary N) is 1. The van der Waals surface area contributed by atoms with Gasteiger partial charge in [0.2, 0.25) is 0 Å². The summed E-state index contributed by atoms with van der Waals surface area (Å²) >= 11 is 0. The lowest BCUT2D eigenvalue weighted by atomic mass is 10.0. The number of aromatic amines is 1. The second-order valence-corrected chi connectivity index (χ2v) is 7.57. The predicted octanol–water partition coefficient (Wildman–Crippen LogP) is 6.18. The molecule has 4 heteroatoms. The SMILES string of the molecule is Cc1cc2nc(/C(C#N)=C/c3c(OC(C)C)ccc4ccccc34)[nH]c2cc1C. The zero-order valence-electron chi connectivity index (χ0n) is 17.1. The van der Waals surface area contributed by atoms with E-state index in [1.807, 2.05) is 50.3 Å². The highest BCUT2D eigenvalue weighted by molar-refractivity contribution is 6.00. The first kappa shape index (κ1) is 18.8. The molecule has 144 valence electrons. The minimum absolute atomic E-state index is 0.0333. The monoisotopic (exact) mass is 381 g/mol. The van der Waals surface area contributed by atoms with Crippen LogP contribution in [0.3, 0.4) is 0 Å². The molecular weight excluding hydrogens is 358 g/mol. The number of nitriles is 1. The molecule has 0 amide bonds. The molecule has 0 fully saturated rings. The van der Waals surface area contributed by atoms with Gasteiger partial charge in [-0.05, 0) is 73.9 Å². The predicted molar refractivity (Wildman–Crippen MR) is 119 cm³/mol. The van der Waals surface area contributed by atoms with Gasteiger partial charge in [-0.1, -0.05) is 30.3 Å². The van der Waals surface area contributed by atoms with Crippen molar-refractivity contribution < 1.29 is 4.74 Å². The highest BCUT2D eigenvalue weighted by Crippen LogP contribution is 2.32. The van der Waals surface area contributed by atoms with E-state index in [1.54, 1.807) is 0 Å². The highest BCUT2D eigenvalue weighted by atomic mass is 16.5. The average molecular weight is 381 g/mol. The maximum Gasteiger partial charge on any atom is 0.149 e. The first-order valence-electron chi connectivity index (χ1n) is 9.74. The van der Waals surface area contributed by atoms with E-state index in [2.05, 4.69) is 48.1 Å². The summed E-state index contributed by atoms with van der Waals surface area (Å²) in [4.78, 5) is 7.97. The smallest absolute Gasteiger partial charge is 0.149 e. The number of aryl methyl sites for hydroxylation is 2. The van der Waals surface area contributed by atoms with Crippen molar-refractivity contribution in [1.29, 1.82) is 5.26 Å². The van der Waals surface area contributed by atoms with E-state index in [9.17, 15) is 5.26 Å². The number of aromatic nitrogens is 2. The van der Waals surface area contributed by atoms with Crippen LogP contribution in [0.15, 0.2) is 48.5 Å². The minimum atomic E-state index is 0.0333. The Bertz CT molecular complexity index is 1250. The molecule has 29 heavy (non-hydrogen) atoms. The van der Waals surface area contributed by atoms with Gasteiger partial charge in [-0.15, -0.1) is 0 Å². The third-order valence-electron chi connectivity index (χ3n) is 5.05. The number of hydrogen-bond acceptors (Lipinski definition) is 3. The van der Waals surface area contributed by atoms with Crippen molar-refractivity contribution in [2.24, 2.45) is 0 Å². The second kappa shape index (κ2) is 7.44. The van der Waals surface area contributed by atoms with Crippen molar-refractivity contribution in [3.63, 3.8) is 0 Å². The molecule has 1 heterocycles. The normalized spacial score (nSPS) is 11.9. The summed E-state index contributed by atoms with van der Waals surface area (Å²) in [5.74, 6) is 1.32. The Morgan fingerprint density at radius 2 is 1.86 bits per heavy atom. The Hall–Kier alpha value is -3.58. The van der Waals surface area contributed by atoms with E-state index in [-0.39, 0.29) is 6.10 Å². The summed E-state index contributed by atoms with van der Waals surface area (Å²) in [6.45, 7) is 8.13. The fraction of sp³-hybridized carbons (Fsp3) is 0.200. The van der Waals surface area contributed by atoms with Crippen molar-refractivity contribution >= 4 is 33.5 Å². The number of nitrogens with zero attached hydrogens (tertiary/aromatic N) is 2. The van der Waals surface area contributed by atoms with E-state index in [0.717, 1.165) is 33.1 Å². The fourth-order valence-electron chi connectivity index (χ4n) is 3.48. The summed E-state index contributed by atoms with van der Waals surface area (Å²) in [7, 11) is 0. The van der Waals surface area contributed by atoms with Crippen LogP contribution in [0.1, 0.15) is 36.4 Å². The van der Waals surface area contributed by atoms with E-state index >= 15 is 0 Å². The maximum atomic E-state index is 9.90. The average Bonchev–Trinajstić information content (AvgIpc) is 3.09. The van der Waals surface area contributed by atoms with Crippen LogP contribution in [0, 0.1) is 25.2 Å². The molecule has 4 nitrogen and oxygen atoms in total. The van der Waals surface area contributed by atoms with E-state index in [0.29, 0.717) is 11.4 Å². The molecule has 0 aliphatic rings. The number of allylic oxidation sites excluding steroid dienone is 1. The summed E-state index contributed by atoms with van der Waals surface area (Å²) in [5.41, 5.74) is 5.53. The molecule has 4 rings (SSSR count). The zero-order valence-corrected chi connectivity index (χ0v) is 17.1. The number of ether oxygens (including phenoxy) is 1. The highest BCUT2D eigenvalue weighted by Gasteiger charge is 2.13. The van der Waals surface area contributed by atoms with Crippen LogP contribution in [0.5, 0.6) is 5.75 Å². The van der Waals surface area contributed by atoms with Gasteiger partial charge in [0.15, 0.2) is 0 Å². The summed E-state index contributed by atoms with van der Waals surface area (Å²) < 4.78 is 6.04. The number of fused-ring (bicyclic) bond motifs is 2. The van der Waals surface area contributed by atoms with Crippen LogP contribution in [0.2, 0.25) is 0 Å². The summed E-state index contributed by atoms with van der Waals surface area (Å²) in [5, 5.41) is 12.0. The van der Waals surface area contributed by atoms with Crippen molar-refractivity contribution in [1.82, 2.24) is 9.97 Å². The Morgan fingerprint density at radius 3 is 2.62 bits per heavy atom. The number of H-pyrrole nitrogens is 1. The Labute approximate surface area is 170 Å². The van der Waals surface area contributed by atoms with Gasteiger partial charge in [-0.3, -0.25) is 0 Å². The van der Waals surface area contributed by atoms with Gasteiger partial charge < -0.3 is 9.72 Å². The topological polar surface area (TPSA) is 61.7 Å². The molecular formula is C25H23N3O. The first-order chi connectivity index (χ1) is 14.0. The molecule has 1 aromatic heterocycles. The van der Waals surface area contributed by atoms with Crippen molar-refractivity contribution in [3.05, 3.63) is 71.0 Å². The van der Waals surface area contributed by atoms with Gasteiger partial charge in [-0.2, -0.15) is 5.26 Å². The lowest BCUT2D eigenvalue weighted by Gasteiger charge is -2.15. The van der Waals surface area contributed by atoms with Crippen LogP contribution >= 0.6 is 0 Å². The van der Waals surface area contributed by atoms with Gasteiger partial charge in [-0.25, -0.2) is 4.98 Å². The fourth-order valence-corrected chi connectivity index (χ4v) is 3.48. The molecule has 0 saturated carbocycles. The van der Waals surface area contributed by atoms with Crippen molar-refractivity contribution in [2.75, 3.05) is 0 Å². The van der Waals surface area contributed by atoms with Crippen molar-refractivity contribution in [2.45, 2.75) is 33.8 Å². The minimum Gasteiger partial charge on any atom is -0.490 e. The summed E-state index contributed by atoms with van der Waals surface area (Å²) in [6, 6.07) is 18.6. The third-order valence-corrected chi connectivity index (χ3v) is 5.05. The van der Waals surface area contributed by atoms with E-state index in [1.165, 1.54) is 11.1 Å². The van der Waals surface area contributed by atoms with Gasteiger partial charge in [0, 0.05) is 5.56 Å². The van der Waals surface area contributed by atoms with Gasteiger partial charge in [0.1, 0.15) is 17.6 Å². The molecule has 0 aliphatic carbocycles. The van der Waals surface area contributed by atoms with E-state index < -0.39 is 0 Å². The molecule has 0 radical (unpaired) electrons. The maximum absolute atomic E-state index is 9.90. The van der Waals surface area contributed by atoms with Gasteiger partial charge in [0.05, 0.1) is 22.7 Å². The van der Waals surface area contributed by atoms with E-state index in [4.69, 9.17) is 4.74 Å². The molecule has 0 spiro atoms. The number of benzene rings is 3. The van der Waals surface area contributed by atoms with Crippen LogP contribution in [0.25, 0.3) is 33.5 Å². The quantitative estimate of drug-likeness (QED) is 0.429. The Morgan fingerprint density at radius 1 is 1.10 bits per heavy atom. The van der Waals surface area contributed by atoms with Gasteiger partial charge in [0.25, 0.3) is 0 Å². The lowest BCUT2D eigenvalue weighted by molar-refractivity contribution is 0.242. The molecule has 0 saturated heterocycles. The third kappa shape index (κ3) is 3.60. The lowest BCUT2D eigenvalue weighted by Crippen LogP contribution is -2.06. The second-order valence-electron chi connectivity index (χ2n) is 7.57. The van der Waals surface area contributed by atoms with Crippen LogP contribution < -0.4 is 4.74 Å². The Kier molecular flexibility index (Phi) is 4.82. The standard InChI is InChI=1S/C25H23N3O/c1-15(2)29-24-10-9-18-7-5-6-8-20(18)21(24)13-19(14-26)25-27-22-11-16(3)17(4)12-23(22)28-25/h5-13,15H,1-4H3,(H,27,28)/b19-13+. The molecule has 0 unspecified atom stereocenters. The molecule has 0 atom stereocenters. The molecule has 1 N–H and O–H groups in total. The van der Waals surface area contributed by atoms with Crippen molar-refractivity contribution in [3.8, 4) is 11.8 Å². The van der Waals surface area contributed by atoms with Crippen LogP contribution in [-0.4, -0.2) is 16.1 Å². The first-order valence-corrected chi connectivity index (χ1v) is 9.74. The molecule has 3 aromatic carbocycles. The largest absolute Gasteiger partial charge is 0.490 e. The van der Waals surface area contributed by atoms with Crippen LogP contribution in [-0.2, 0) is 0 Å². The Balaban J connectivity index is 1.91. The number of hydrogen-bond donors (Lipinski definition) is 1. The number of imidazole rings is 1. The molecule has 0 aliphatic heterocycles. The number of rotatable bonds is 4. The van der Waals surface area contributed by atoms with Gasteiger partial charge >= 0.3 is 0 Å². The molecule has 4 aromatic rings.